The normalized spacial score (nSPS) is 18.3. The van der Waals surface area contributed by atoms with Gasteiger partial charge in [-0.05, 0) is 84.3 Å². The molecule has 2 aliphatic heterocycles. The Morgan fingerprint density at radius 1 is 1.05 bits per heavy atom. The lowest BCUT2D eigenvalue weighted by Gasteiger charge is -2.24. The first-order chi connectivity index (χ1) is 26.9. The fourth-order valence-electron chi connectivity index (χ4n) is 4.35. The molecule has 57 heavy (non-hydrogen) atoms. The Labute approximate surface area is 348 Å². The summed E-state index contributed by atoms with van der Waals surface area (Å²) in [6, 6.07) is 7.40. The van der Waals surface area contributed by atoms with E-state index in [1.54, 1.807) is 49.0 Å². The number of aryl methyl sites for hydroxylation is 1. The van der Waals surface area contributed by atoms with Crippen LogP contribution in [0, 0.1) is 24.2 Å². The van der Waals surface area contributed by atoms with Gasteiger partial charge >= 0.3 is 17.9 Å². The van der Waals surface area contributed by atoms with E-state index in [9.17, 15) is 14.4 Å². The molecule has 1 aromatic carbocycles. The van der Waals surface area contributed by atoms with Crippen LogP contribution in [0.25, 0.3) is 0 Å². The van der Waals surface area contributed by atoms with Crippen LogP contribution in [-0.4, -0.2) is 70.7 Å². The van der Waals surface area contributed by atoms with Gasteiger partial charge in [0, 0.05) is 11.9 Å². The van der Waals surface area contributed by atoms with E-state index in [0.717, 1.165) is 34.6 Å². The lowest BCUT2D eigenvalue weighted by Crippen LogP contribution is -2.45. The number of aliphatic imine (C=N–C) groups is 1. The highest BCUT2D eigenvalue weighted by Gasteiger charge is 2.39. The lowest BCUT2D eigenvalue weighted by atomic mass is 10.00. The summed E-state index contributed by atoms with van der Waals surface area (Å²) in [6.07, 6.45) is 16.9. The van der Waals surface area contributed by atoms with Crippen molar-refractivity contribution in [1.29, 1.82) is 5.41 Å². The standard InChI is InChI=1S/C18H24N2O3.C9H14O2.C9H12O2.C4H8N2S.C3H8.C2H6/c1-11-4-6-14(7-5-11)18(21)22-10-15-8-12(2)16(23-15)17-19-9-13(3)20-17;2*1-4-8(9(10)11)6-5-7(2)3;1-4(7-2)6-3-5;1-3-2;1-2/h4-7,9,12,15-17,19-20H,8,10H2,1-3H3;4-7H,1-3H3,(H,10,11);4-6H,1H2,2-3H3,(H,10,11);3,5H,1-2H3;3H2,1-2H3;1-2H3/b;6-5-,8-4+;8-6+;;;. The van der Waals surface area contributed by atoms with Crippen molar-refractivity contribution in [1.82, 2.24) is 10.6 Å². The molecule has 0 bridgehead atoms. The van der Waals surface area contributed by atoms with Crippen LogP contribution >= 0.6 is 11.8 Å². The molecule has 1 saturated heterocycles. The summed E-state index contributed by atoms with van der Waals surface area (Å²) in [6.45, 7) is 29.5. The van der Waals surface area contributed by atoms with Gasteiger partial charge in [-0.25, -0.2) is 19.4 Å². The molecule has 11 nitrogen and oxygen atoms in total. The third-order valence-corrected chi connectivity index (χ3v) is 7.94. The molecule has 0 radical (unpaired) electrons. The molecule has 4 atom stereocenters. The Kier molecular flexibility index (Phi) is 34.3. The molecule has 2 heterocycles. The number of thioether (sulfide) groups is 1. The molecular formula is C45H72N4O7S. The molecule has 0 saturated carbocycles. The second-order valence-corrected chi connectivity index (χ2v) is 14.2. The molecule has 4 unspecified atom stereocenters. The molecule has 3 rings (SSSR count). The fourth-order valence-corrected chi connectivity index (χ4v) is 4.51. The second kappa shape index (κ2) is 34.6. The molecule has 0 spiro atoms. The number of rotatable bonds is 11. The van der Waals surface area contributed by atoms with Gasteiger partial charge in [-0.1, -0.05) is 115 Å². The quantitative estimate of drug-likeness (QED) is 0.0476. The van der Waals surface area contributed by atoms with Crippen LogP contribution < -0.4 is 10.6 Å². The zero-order chi connectivity index (χ0) is 44.5. The van der Waals surface area contributed by atoms with Crippen LogP contribution in [0.5, 0.6) is 0 Å². The van der Waals surface area contributed by atoms with Crippen LogP contribution in [0.4, 0.5) is 0 Å². The summed E-state index contributed by atoms with van der Waals surface area (Å²) in [5.41, 5.74) is 4.44. The van der Waals surface area contributed by atoms with Gasteiger partial charge in [0.2, 0.25) is 0 Å². The Morgan fingerprint density at radius 2 is 1.61 bits per heavy atom. The summed E-state index contributed by atoms with van der Waals surface area (Å²) in [7, 11) is 0. The highest BCUT2D eigenvalue weighted by molar-refractivity contribution is 8.13. The van der Waals surface area contributed by atoms with Crippen molar-refractivity contribution in [2.45, 2.75) is 121 Å². The average Bonchev–Trinajstić information content (AvgIpc) is 3.77. The molecule has 1 aromatic rings. The van der Waals surface area contributed by atoms with E-state index in [1.807, 2.05) is 93.0 Å². The van der Waals surface area contributed by atoms with Crippen LogP contribution in [0.3, 0.4) is 0 Å². The van der Waals surface area contributed by atoms with Crippen molar-refractivity contribution in [2.75, 3.05) is 12.9 Å². The number of nitrogens with zero attached hydrogens (tertiary/aromatic N) is 1. The van der Waals surface area contributed by atoms with E-state index in [0.29, 0.717) is 29.6 Å². The Bertz CT molecular complexity index is 1520. The molecule has 320 valence electrons. The maximum atomic E-state index is 12.1. The van der Waals surface area contributed by atoms with Crippen molar-refractivity contribution in [3.63, 3.8) is 0 Å². The number of nitrogens with one attached hydrogen (secondary N) is 3. The van der Waals surface area contributed by atoms with Gasteiger partial charge in [-0.15, -0.1) is 11.8 Å². The Balaban J connectivity index is -0.000000726. The zero-order valence-corrected chi connectivity index (χ0v) is 37.8. The number of benzene rings is 1. The van der Waals surface area contributed by atoms with E-state index < -0.39 is 11.9 Å². The molecule has 0 aliphatic carbocycles. The van der Waals surface area contributed by atoms with Gasteiger partial charge in [0.25, 0.3) is 0 Å². The predicted molar refractivity (Wildman–Crippen MR) is 241 cm³/mol. The Hall–Kier alpha value is -4.68. The van der Waals surface area contributed by atoms with Gasteiger partial charge in [0.1, 0.15) is 19.1 Å². The number of esters is 1. The van der Waals surface area contributed by atoms with Gasteiger partial charge in [0.05, 0.1) is 34.0 Å². The van der Waals surface area contributed by atoms with E-state index in [2.05, 4.69) is 43.0 Å². The fraction of sp³-hybridized carbons (Fsp3) is 0.489. The predicted octanol–water partition coefficient (Wildman–Crippen LogP) is 10.5. The number of carbonyl (C=O) groups is 3. The van der Waals surface area contributed by atoms with Crippen LogP contribution in [0.1, 0.15) is 112 Å². The number of hydrogen-bond donors (Lipinski definition) is 5. The SMILES string of the molecule is C/C=C(\C=C/C(C)C)C(=O)O.C=C/C(=C\C=C(C)C)C(=O)O.CC.CC1=CNC(C2OC(COC(=O)c3ccc(C)cc3)CC2C)N1.CCC.CSC(C)=NC=N. The topological polar surface area (TPSA) is 170 Å². The zero-order valence-electron chi connectivity index (χ0n) is 36.9. The van der Waals surface area contributed by atoms with Crippen molar-refractivity contribution < 1.29 is 34.1 Å². The number of allylic oxidation sites excluding steroid dienone is 6. The summed E-state index contributed by atoms with van der Waals surface area (Å²) in [5.74, 6) is -1.31. The van der Waals surface area contributed by atoms with Crippen molar-refractivity contribution >= 4 is 41.1 Å². The smallest absolute Gasteiger partial charge is 0.338 e. The Morgan fingerprint density at radius 3 is 2.00 bits per heavy atom. The molecule has 12 heteroatoms. The number of carboxylic acid groups (broad SMARTS) is 2. The summed E-state index contributed by atoms with van der Waals surface area (Å²) >= 11 is 1.55. The minimum absolute atomic E-state index is 0.0473. The molecule has 0 aromatic heterocycles. The molecular weight excluding hydrogens is 741 g/mol. The maximum Gasteiger partial charge on any atom is 0.338 e. The summed E-state index contributed by atoms with van der Waals surface area (Å²) in [4.78, 5) is 36.5. The third-order valence-electron chi connectivity index (χ3n) is 7.25. The van der Waals surface area contributed by atoms with Gasteiger partial charge in [0.15, 0.2) is 0 Å². The average molecular weight is 813 g/mol. The van der Waals surface area contributed by atoms with Crippen LogP contribution in [0.2, 0.25) is 0 Å². The number of ether oxygens (including phenoxy) is 2. The van der Waals surface area contributed by atoms with Gasteiger partial charge in [-0.2, -0.15) is 0 Å². The largest absolute Gasteiger partial charge is 0.478 e. The summed E-state index contributed by atoms with van der Waals surface area (Å²) < 4.78 is 11.5. The van der Waals surface area contributed by atoms with E-state index in [-0.39, 0.29) is 29.9 Å². The minimum Gasteiger partial charge on any atom is -0.478 e. The molecule has 1 fully saturated rings. The maximum absolute atomic E-state index is 12.1. The van der Waals surface area contributed by atoms with Gasteiger partial charge < -0.3 is 30.3 Å². The molecule has 2 aliphatic rings. The number of carbonyl (C=O) groups excluding carboxylic acids is 1. The van der Waals surface area contributed by atoms with Crippen LogP contribution in [0.15, 0.2) is 101 Å². The second-order valence-electron chi connectivity index (χ2n) is 13.2. The number of hydrogen-bond acceptors (Lipinski definition) is 9. The number of aliphatic carboxylic acids is 2. The van der Waals surface area contributed by atoms with Crippen molar-refractivity contribution in [2.24, 2.45) is 16.8 Å². The van der Waals surface area contributed by atoms with E-state index >= 15 is 0 Å². The highest BCUT2D eigenvalue weighted by atomic mass is 32.2. The lowest BCUT2D eigenvalue weighted by molar-refractivity contribution is -0.133. The molecule has 5 N–H and O–H groups in total. The first kappa shape index (κ1) is 56.6. The van der Waals surface area contributed by atoms with E-state index in [1.165, 1.54) is 18.6 Å². The number of carboxylic acids is 2. The highest BCUT2D eigenvalue weighted by Crippen LogP contribution is 2.29. The van der Waals surface area contributed by atoms with Crippen molar-refractivity contribution in [3.05, 3.63) is 107 Å². The van der Waals surface area contributed by atoms with E-state index in [4.69, 9.17) is 25.1 Å². The first-order valence-corrected chi connectivity index (χ1v) is 20.6. The van der Waals surface area contributed by atoms with Gasteiger partial charge in [-0.3, -0.25) is 5.41 Å². The minimum atomic E-state index is -0.947. The van der Waals surface area contributed by atoms with Crippen LogP contribution in [-0.2, 0) is 19.1 Å². The van der Waals surface area contributed by atoms with Crippen molar-refractivity contribution in [3.8, 4) is 0 Å². The third kappa shape index (κ3) is 28.4. The monoisotopic (exact) mass is 813 g/mol. The molecule has 0 amide bonds. The summed E-state index contributed by atoms with van der Waals surface area (Å²) in [5, 5.41) is 31.2. The first-order valence-electron chi connectivity index (χ1n) is 19.3.